The molecule has 1 amide bonds. The number of aromatic nitrogens is 2. The van der Waals surface area contributed by atoms with Gasteiger partial charge in [0.05, 0.1) is 28.4 Å². The summed E-state index contributed by atoms with van der Waals surface area (Å²) in [4.78, 5) is 23.4. The minimum absolute atomic E-state index is 0.0717. The third-order valence-corrected chi connectivity index (χ3v) is 5.96. The van der Waals surface area contributed by atoms with Gasteiger partial charge < -0.3 is 10.2 Å². The van der Waals surface area contributed by atoms with Gasteiger partial charge in [-0.05, 0) is 56.0 Å². The zero-order chi connectivity index (χ0) is 21.8. The number of nitrogens with one attached hydrogen (secondary N) is 1. The molecule has 0 spiro atoms. The molecule has 1 N–H and O–H groups in total. The summed E-state index contributed by atoms with van der Waals surface area (Å²) in [5, 5.41) is 13.2. The molecule has 1 aromatic carbocycles. The van der Waals surface area contributed by atoms with Gasteiger partial charge in [0.25, 0.3) is 5.91 Å². The molecule has 7 heteroatoms. The Morgan fingerprint density at radius 1 is 1.29 bits per heavy atom. The molecule has 0 aliphatic carbocycles. The van der Waals surface area contributed by atoms with Crippen molar-refractivity contribution in [3.05, 3.63) is 77.7 Å². The fourth-order valence-corrected chi connectivity index (χ4v) is 4.14. The molecule has 6 nitrogen and oxygen atoms in total. The largest absolute Gasteiger partial charge is 0.377 e. The topological polar surface area (TPSA) is 81.9 Å². The quantitative estimate of drug-likeness (QED) is 0.826. The van der Waals surface area contributed by atoms with E-state index in [9.17, 15) is 14.4 Å². The van der Waals surface area contributed by atoms with E-state index in [1.54, 1.807) is 29.3 Å². The van der Waals surface area contributed by atoms with Gasteiger partial charge in [0.1, 0.15) is 12.1 Å². The molecule has 0 saturated carbocycles. The monoisotopic (exact) mass is 417 g/mol. The van der Waals surface area contributed by atoms with Crippen molar-refractivity contribution in [2.75, 3.05) is 13.1 Å². The highest BCUT2D eigenvalue weighted by atomic mass is 19.1. The van der Waals surface area contributed by atoms with Crippen LogP contribution >= 0.6 is 0 Å². The number of carbonyl (C=O) groups excluding carboxylic acids is 1. The molecule has 4 rings (SSSR count). The van der Waals surface area contributed by atoms with Crippen molar-refractivity contribution in [2.24, 2.45) is 5.41 Å². The van der Waals surface area contributed by atoms with E-state index < -0.39 is 5.41 Å². The average Bonchev–Trinajstić information content (AvgIpc) is 2.81. The first-order chi connectivity index (χ1) is 15.0. The Balaban J connectivity index is 1.51. The van der Waals surface area contributed by atoms with Crippen LogP contribution in [-0.2, 0) is 11.2 Å². The number of nitrogens with zero attached hydrogens (tertiary/aromatic N) is 4. The lowest BCUT2D eigenvalue weighted by molar-refractivity contribution is -0.128. The lowest BCUT2D eigenvalue weighted by Crippen LogP contribution is -2.45. The third-order valence-electron chi connectivity index (χ3n) is 5.96. The summed E-state index contributed by atoms with van der Waals surface area (Å²) in [6.07, 6.45) is 8.64. The van der Waals surface area contributed by atoms with Gasteiger partial charge >= 0.3 is 0 Å². The fraction of sp³-hybridized carbons (Fsp3) is 0.333. The number of hydrogen-bond donors (Lipinski definition) is 1. The molecule has 31 heavy (non-hydrogen) atoms. The van der Waals surface area contributed by atoms with Gasteiger partial charge in [-0.1, -0.05) is 18.2 Å². The molecule has 3 heterocycles. The summed E-state index contributed by atoms with van der Waals surface area (Å²) < 4.78 is 13.2. The Hall–Kier alpha value is -3.53. The standard InChI is InChI=1S/C24H24FN5O/c1-17-2-7-20(22(29-17)21-8-11-27-16-28-21)23(31)30-12-9-24(15-26,10-13-30)14-18-3-5-19(25)6-4-18/h2-8,11,16-17,29H,9-10,12-14H2,1H3. The number of benzene rings is 1. The Bertz CT molecular complexity index is 1050. The molecular weight excluding hydrogens is 393 g/mol. The summed E-state index contributed by atoms with van der Waals surface area (Å²) in [5.41, 5.74) is 2.33. The molecule has 2 aliphatic rings. The smallest absolute Gasteiger partial charge is 0.256 e. The summed E-state index contributed by atoms with van der Waals surface area (Å²) in [7, 11) is 0. The van der Waals surface area contributed by atoms with Crippen LogP contribution in [0.2, 0.25) is 0 Å². The van der Waals surface area contributed by atoms with Gasteiger partial charge in [0.15, 0.2) is 0 Å². The third kappa shape index (κ3) is 4.48. The van der Waals surface area contributed by atoms with E-state index >= 15 is 0 Å². The lowest BCUT2D eigenvalue weighted by atomic mass is 9.75. The predicted molar refractivity (Wildman–Crippen MR) is 115 cm³/mol. The van der Waals surface area contributed by atoms with Crippen LogP contribution < -0.4 is 5.32 Å². The Morgan fingerprint density at radius 2 is 2.03 bits per heavy atom. The van der Waals surface area contributed by atoms with Crippen LogP contribution in [0.3, 0.4) is 0 Å². The second kappa shape index (κ2) is 8.68. The van der Waals surface area contributed by atoms with Crippen LogP contribution in [0.5, 0.6) is 0 Å². The van der Waals surface area contributed by atoms with Crippen LogP contribution in [0.1, 0.15) is 31.0 Å². The van der Waals surface area contributed by atoms with Gasteiger partial charge in [-0.2, -0.15) is 5.26 Å². The second-order valence-corrected chi connectivity index (χ2v) is 8.16. The van der Waals surface area contributed by atoms with Gasteiger partial charge in [0.2, 0.25) is 0 Å². The molecule has 1 fully saturated rings. The van der Waals surface area contributed by atoms with E-state index in [0.29, 0.717) is 49.3 Å². The second-order valence-electron chi connectivity index (χ2n) is 8.16. The Morgan fingerprint density at radius 3 is 2.68 bits per heavy atom. The number of piperidine rings is 1. The van der Waals surface area contributed by atoms with Crippen molar-refractivity contribution >= 4 is 11.6 Å². The summed E-state index contributed by atoms with van der Waals surface area (Å²) in [6.45, 7) is 3.01. The van der Waals surface area contributed by atoms with Crippen LogP contribution in [-0.4, -0.2) is 39.9 Å². The maximum atomic E-state index is 13.3. The van der Waals surface area contributed by atoms with Crippen molar-refractivity contribution in [3.63, 3.8) is 0 Å². The van der Waals surface area contributed by atoms with Crippen LogP contribution in [0.4, 0.5) is 4.39 Å². The van der Waals surface area contributed by atoms with Gasteiger partial charge in [-0.15, -0.1) is 0 Å². The van der Waals surface area contributed by atoms with E-state index in [2.05, 4.69) is 21.4 Å². The van der Waals surface area contributed by atoms with E-state index in [1.807, 2.05) is 19.1 Å². The first-order valence-corrected chi connectivity index (χ1v) is 10.4. The Labute approximate surface area is 181 Å². The van der Waals surface area contributed by atoms with Crippen LogP contribution in [0, 0.1) is 22.6 Å². The number of carbonyl (C=O) groups is 1. The van der Waals surface area contributed by atoms with E-state index in [4.69, 9.17) is 0 Å². The highest BCUT2D eigenvalue weighted by molar-refractivity contribution is 6.03. The zero-order valence-electron chi connectivity index (χ0n) is 17.4. The minimum atomic E-state index is -0.548. The van der Waals surface area contributed by atoms with Crippen LogP contribution in [0.15, 0.2) is 60.6 Å². The van der Waals surface area contributed by atoms with Gasteiger partial charge in [-0.3, -0.25) is 4.79 Å². The van der Waals surface area contributed by atoms with E-state index in [0.717, 1.165) is 5.56 Å². The van der Waals surface area contributed by atoms with Crippen molar-refractivity contribution in [1.29, 1.82) is 5.26 Å². The fourth-order valence-electron chi connectivity index (χ4n) is 4.14. The van der Waals surface area contributed by atoms with E-state index in [-0.39, 0.29) is 17.8 Å². The van der Waals surface area contributed by atoms with Crippen LogP contribution in [0.25, 0.3) is 5.70 Å². The number of rotatable bonds is 4. The maximum absolute atomic E-state index is 13.3. The molecule has 1 atom stereocenters. The maximum Gasteiger partial charge on any atom is 0.256 e. The Kier molecular flexibility index (Phi) is 5.81. The summed E-state index contributed by atoms with van der Waals surface area (Å²) >= 11 is 0. The molecule has 2 aromatic rings. The lowest BCUT2D eigenvalue weighted by Gasteiger charge is -2.38. The first kappa shape index (κ1) is 20.7. The molecule has 1 unspecified atom stereocenters. The highest BCUT2D eigenvalue weighted by Crippen LogP contribution is 2.35. The number of likely N-dealkylation sites (tertiary alicyclic amines) is 1. The van der Waals surface area contributed by atoms with Gasteiger partial charge in [0, 0.05) is 25.3 Å². The molecule has 0 bridgehead atoms. The zero-order valence-corrected chi connectivity index (χ0v) is 17.4. The number of hydrogen-bond acceptors (Lipinski definition) is 5. The average molecular weight is 417 g/mol. The first-order valence-electron chi connectivity index (χ1n) is 10.4. The molecular formula is C24H24FN5O. The number of halogens is 1. The number of dihydropyridines is 1. The summed E-state index contributed by atoms with van der Waals surface area (Å²) in [6, 6.07) is 10.6. The highest BCUT2D eigenvalue weighted by Gasteiger charge is 2.37. The van der Waals surface area contributed by atoms with Gasteiger partial charge in [-0.25, -0.2) is 14.4 Å². The van der Waals surface area contributed by atoms with Crippen molar-refractivity contribution in [1.82, 2.24) is 20.2 Å². The SMILES string of the molecule is CC1C=CC(C(=O)N2CCC(C#N)(Cc3ccc(F)cc3)CC2)=C(c2ccncn2)N1. The normalized spacial score (nSPS) is 20.2. The molecule has 1 aromatic heterocycles. The molecule has 0 radical (unpaired) electrons. The molecule has 158 valence electrons. The molecule has 1 saturated heterocycles. The molecule has 2 aliphatic heterocycles. The van der Waals surface area contributed by atoms with E-state index in [1.165, 1.54) is 18.5 Å². The number of nitriles is 1. The predicted octanol–water partition coefficient (Wildman–Crippen LogP) is 3.25. The summed E-state index contributed by atoms with van der Waals surface area (Å²) in [5.74, 6) is -0.357. The number of amides is 1. The van der Waals surface area contributed by atoms with Crippen molar-refractivity contribution < 1.29 is 9.18 Å². The van der Waals surface area contributed by atoms with Crippen molar-refractivity contribution in [2.45, 2.75) is 32.2 Å². The minimum Gasteiger partial charge on any atom is -0.377 e. The van der Waals surface area contributed by atoms with Crippen molar-refractivity contribution in [3.8, 4) is 6.07 Å².